The van der Waals surface area contributed by atoms with E-state index in [0.29, 0.717) is 6.54 Å². The number of hydrogen-bond donors (Lipinski definition) is 1. The molecule has 0 aliphatic heterocycles. The van der Waals surface area contributed by atoms with Gasteiger partial charge in [0.2, 0.25) is 0 Å². The van der Waals surface area contributed by atoms with Gasteiger partial charge in [0.1, 0.15) is 5.75 Å². The molecule has 1 aromatic rings. The molecule has 0 saturated carbocycles. The average Bonchev–Trinajstić information content (AvgIpc) is 2.16. The van der Waals surface area contributed by atoms with E-state index in [1.807, 2.05) is 44.1 Å². The average molecular weight is 209 g/mol. The lowest BCUT2D eigenvalue weighted by atomic mass is 10.1. The summed E-state index contributed by atoms with van der Waals surface area (Å²) in [5, 5.41) is 9.90. The monoisotopic (exact) mass is 209 g/mol. The van der Waals surface area contributed by atoms with Gasteiger partial charge < -0.3 is 14.7 Å². The van der Waals surface area contributed by atoms with Gasteiger partial charge in [0.15, 0.2) is 0 Å². The van der Waals surface area contributed by atoms with Crippen molar-refractivity contribution in [1.82, 2.24) is 4.90 Å². The lowest BCUT2D eigenvalue weighted by Gasteiger charge is -2.17. The van der Waals surface area contributed by atoms with Gasteiger partial charge in [0, 0.05) is 6.54 Å². The van der Waals surface area contributed by atoms with Crippen LogP contribution in [0.25, 0.3) is 0 Å². The summed E-state index contributed by atoms with van der Waals surface area (Å²) in [4.78, 5) is 1.96. The largest absolute Gasteiger partial charge is 0.496 e. The molecule has 3 nitrogen and oxygen atoms in total. The normalized spacial score (nSPS) is 12.9. The lowest BCUT2D eigenvalue weighted by molar-refractivity contribution is 0.138. The number of benzene rings is 1. The molecule has 0 spiro atoms. The van der Waals surface area contributed by atoms with Crippen molar-refractivity contribution >= 4 is 0 Å². The van der Waals surface area contributed by atoms with E-state index in [-0.39, 0.29) is 0 Å². The number of ether oxygens (including phenoxy) is 1. The Morgan fingerprint density at radius 3 is 2.53 bits per heavy atom. The maximum absolute atomic E-state index is 9.90. The predicted molar refractivity (Wildman–Crippen MR) is 61.2 cm³/mol. The molecule has 1 rings (SSSR count). The predicted octanol–water partition coefficient (Wildman–Crippen LogP) is 1.60. The third-order valence-electron chi connectivity index (χ3n) is 2.34. The SMILES string of the molecule is COc1ccc(C(O)CN(C)C)cc1C. The molecule has 0 aromatic heterocycles. The molecule has 3 heteroatoms. The first kappa shape index (κ1) is 12.0. The summed E-state index contributed by atoms with van der Waals surface area (Å²) in [6.07, 6.45) is -0.440. The Bertz CT molecular complexity index is 323. The second-order valence-corrected chi connectivity index (χ2v) is 4.01. The van der Waals surface area contributed by atoms with Crippen LogP contribution in [-0.4, -0.2) is 37.8 Å². The summed E-state index contributed by atoms with van der Waals surface area (Å²) in [5.74, 6) is 0.857. The van der Waals surface area contributed by atoms with Crippen molar-refractivity contribution in [1.29, 1.82) is 0 Å². The molecular weight excluding hydrogens is 190 g/mol. The van der Waals surface area contributed by atoms with Crippen LogP contribution in [0.15, 0.2) is 18.2 Å². The molecule has 0 bridgehead atoms. The molecule has 0 heterocycles. The Morgan fingerprint density at radius 2 is 2.07 bits per heavy atom. The number of aliphatic hydroxyl groups is 1. The number of methoxy groups -OCH3 is 1. The highest BCUT2D eigenvalue weighted by atomic mass is 16.5. The van der Waals surface area contributed by atoms with E-state index in [1.54, 1.807) is 7.11 Å². The molecular formula is C12H19NO2. The van der Waals surface area contributed by atoms with Crippen LogP contribution in [0.2, 0.25) is 0 Å². The Hall–Kier alpha value is -1.06. The van der Waals surface area contributed by atoms with Gasteiger partial charge >= 0.3 is 0 Å². The molecule has 0 radical (unpaired) electrons. The Balaban J connectivity index is 2.82. The van der Waals surface area contributed by atoms with Crippen LogP contribution in [-0.2, 0) is 0 Å². The number of hydrogen-bond acceptors (Lipinski definition) is 3. The van der Waals surface area contributed by atoms with Crippen LogP contribution in [0.4, 0.5) is 0 Å². The van der Waals surface area contributed by atoms with Crippen molar-refractivity contribution < 1.29 is 9.84 Å². The van der Waals surface area contributed by atoms with Crippen LogP contribution in [0.5, 0.6) is 5.75 Å². The standard InChI is InChI=1S/C12H19NO2/c1-9-7-10(5-6-12(9)15-4)11(14)8-13(2)3/h5-7,11,14H,8H2,1-4H3. The topological polar surface area (TPSA) is 32.7 Å². The fourth-order valence-corrected chi connectivity index (χ4v) is 1.56. The van der Waals surface area contributed by atoms with Crippen molar-refractivity contribution in [2.75, 3.05) is 27.7 Å². The zero-order valence-corrected chi connectivity index (χ0v) is 9.82. The number of aliphatic hydroxyl groups excluding tert-OH is 1. The van der Waals surface area contributed by atoms with Gasteiger partial charge in [-0.25, -0.2) is 0 Å². The molecule has 1 N–H and O–H groups in total. The van der Waals surface area contributed by atoms with Gasteiger partial charge in [-0.1, -0.05) is 6.07 Å². The molecule has 15 heavy (non-hydrogen) atoms. The molecule has 0 aliphatic rings. The van der Waals surface area contributed by atoms with E-state index in [4.69, 9.17) is 4.74 Å². The van der Waals surface area contributed by atoms with Crippen molar-refractivity contribution in [3.63, 3.8) is 0 Å². The van der Waals surface area contributed by atoms with Crippen LogP contribution >= 0.6 is 0 Å². The number of aryl methyl sites for hydroxylation is 1. The van der Waals surface area contributed by atoms with E-state index in [2.05, 4.69) is 0 Å². The van der Waals surface area contributed by atoms with Crippen molar-refractivity contribution in [2.24, 2.45) is 0 Å². The number of nitrogens with zero attached hydrogens (tertiary/aromatic N) is 1. The quantitative estimate of drug-likeness (QED) is 0.817. The van der Waals surface area contributed by atoms with Crippen LogP contribution in [0.1, 0.15) is 17.2 Å². The van der Waals surface area contributed by atoms with Crippen LogP contribution < -0.4 is 4.74 Å². The molecule has 84 valence electrons. The minimum atomic E-state index is -0.440. The molecule has 1 atom stereocenters. The highest BCUT2D eigenvalue weighted by Crippen LogP contribution is 2.22. The fraction of sp³-hybridized carbons (Fsp3) is 0.500. The van der Waals surface area contributed by atoms with E-state index in [0.717, 1.165) is 16.9 Å². The maximum atomic E-state index is 9.90. The molecule has 0 fully saturated rings. The minimum Gasteiger partial charge on any atom is -0.496 e. The molecule has 1 unspecified atom stereocenters. The minimum absolute atomic E-state index is 0.440. The number of likely N-dealkylation sites (N-methyl/N-ethyl adjacent to an activating group) is 1. The fourth-order valence-electron chi connectivity index (χ4n) is 1.56. The third-order valence-corrected chi connectivity index (χ3v) is 2.34. The Morgan fingerprint density at radius 1 is 1.40 bits per heavy atom. The molecule has 0 amide bonds. The zero-order chi connectivity index (χ0) is 11.4. The van der Waals surface area contributed by atoms with E-state index in [9.17, 15) is 5.11 Å². The van der Waals surface area contributed by atoms with Crippen molar-refractivity contribution in [2.45, 2.75) is 13.0 Å². The second-order valence-electron chi connectivity index (χ2n) is 4.01. The summed E-state index contributed by atoms with van der Waals surface area (Å²) in [6, 6.07) is 5.76. The lowest BCUT2D eigenvalue weighted by Crippen LogP contribution is -2.20. The molecule has 0 saturated heterocycles. The van der Waals surface area contributed by atoms with Gasteiger partial charge in [-0.2, -0.15) is 0 Å². The summed E-state index contributed by atoms with van der Waals surface area (Å²) in [6.45, 7) is 2.61. The van der Waals surface area contributed by atoms with Gasteiger partial charge in [0.25, 0.3) is 0 Å². The Labute approximate surface area is 91.3 Å². The van der Waals surface area contributed by atoms with E-state index < -0.39 is 6.10 Å². The van der Waals surface area contributed by atoms with E-state index >= 15 is 0 Å². The molecule has 1 aromatic carbocycles. The van der Waals surface area contributed by atoms with Gasteiger partial charge in [-0.15, -0.1) is 0 Å². The first-order valence-corrected chi connectivity index (χ1v) is 5.02. The van der Waals surface area contributed by atoms with Crippen molar-refractivity contribution in [3.05, 3.63) is 29.3 Å². The summed E-state index contributed by atoms with van der Waals surface area (Å²) in [5.41, 5.74) is 1.98. The highest BCUT2D eigenvalue weighted by molar-refractivity contribution is 5.37. The zero-order valence-electron chi connectivity index (χ0n) is 9.82. The first-order valence-electron chi connectivity index (χ1n) is 5.02. The summed E-state index contributed by atoms with van der Waals surface area (Å²) in [7, 11) is 5.54. The van der Waals surface area contributed by atoms with Gasteiger partial charge in [-0.3, -0.25) is 0 Å². The highest BCUT2D eigenvalue weighted by Gasteiger charge is 2.10. The maximum Gasteiger partial charge on any atom is 0.121 e. The third kappa shape index (κ3) is 3.22. The van der Waals surface area contributed by atoms with E-state index in [1.165, 1.54) is 0 Å². The Kier molecular flexibility index (Phi) is 4.12. The second kappa shape index (κ2) is 5.14. The smallest absolute Gasteiger partial charge is 0.121 e. The van der Waals surface area contributed by atoms with Gasteiger partial charge in [0.05, 0.1) is 13.2 Å². The summed E-state index contributed by atoms with van der Waals surface area (Å²) < 4.78 is 5.17. The summed E-state index contributed by atoms with van der Waals surface area (Å²) >= 11 is 0. The van der Waals surface area contributed by atoms with Crippen LogP contribution in [0.3, 0.4) is 0 Å². The van der Waals surface area contributed by atoms with Crippen molar-refractivity contribution in [3.8, 4) is 5.75 Å². The number of rotatable bonds is 4. The van der Waals surface area contributed by atoms with Gasteiger partial charge in [-0.05, 0) is 44.3 Å². The van der Waals surface area contributed by atoms with Crippen LogP contribution in [0, 0.1) is 6.92 Å². The molecule has 0 aliphatic carbocycles. The first-order chi connectivity index (χ1) is 7.04.